The molecule has 2 rings (SSSR count). The zero-order valence-electron chi connectivity index (χ0n) is 6.45. The molecule has 1 heterocycles. The van der Waals surface area contributed by atoms with Crippen molar-refractivity contribution in [2.75, 3.05) is 5.73 Å². The molecule has 1 aromatic heterocycles. The molecule has 0 aliphatic carbocycles. The third kappa shape index (κ3) is 1.05. The number of fused-ring (bicyclic) bond motifs is 1. The SMILES string of the molecule is NCc1nsc2ccc(N)cc12. The average Bonchev–Trinajstić information content (AvgIpc) is 2.46. The molecule has 4 heteroatoms. The van der Waals surface area contributed by atoms with E-state index in [1.54, 1.807) is 0 Å². The minimum absolute atomic E-state index is 0.476. The Bertz CT molecular complexity index is 408. The van der Waals surface area contributed by atoms with E-state index in [1.165, 1.54) is 11.5 Å². The standard InChI is InChI=1S/C8H9N3S/c9-4-7-6-3-5(10)1-2-8(6)12-11-7/h1-3H,4,9-10H2. The topological polar surface area (TPSA) is 64.9 Å². The van der Waals surface area contributed by atoms with Gasteiger partial charge in [-0.15, -0.1) is 0 Å². The number of nitrogens with zero attached hydrogens (tertiary/aromatic N) is 1. The van der Waals surface area contributed by atoms with Crippen LogP contribution >= 0.6 is 11.5 Å². The molecule has 0 atom stereocenters. The normalized spacial score (nSPS) is 10.8. The van der Waals surface area contributed by atoms with E-state index in [0.717, 1.165) is 21.5 Å². The van der Waals surface area contributed by atoms with E-state index >= 15 is 0 Å². The Morgan fingerprint density at radius 2 is 2.25 bits per heavy atom. The first-order valence-electron chi connectivity index (χ1n) is 3.65. The lowest BCUT2D eigenvalue weighted by molar-refractivity contribution is 1.04. The number of hydrogen-bond acceptors (Lipinski definition) is 4. The molecule has 0 radical (unpaired) electrons. The van der Waals surface area contributed by atoms with E-state index in [1.807, 2.05) is 18.2 Å². The summed E-state index contributed by atoms with van der Waals surface area (Å²) in [4.78, 5) is 0. The maximum absolute atomic E-state index is 5.64. The van der Waals surface area contributed by atoms with Gasteiger partial charge in [0.2, 0.25) is 0 Å². The number of nitrogens with two attached hydrogens (primary N) is 2. The molecule has 62 valence electrons. The van der Waals surface area contributed by atoms with Crippen molar-refractivity contribution in [3.05, 3.63) is 23.9 Å². The minimum Gasteiger partial charge on any atom is -0.399 e. The summed E-state index contributed by atoms with van der Waals surface area (Å²) < 4.78 is 5.36. The van der Waals surface area contributed by atoms with E-state index < -0.39 is 0 Å². The van der Waals surface area contributed by atoms with Crippen molar-refractivity contribution in [3.63, 3.8) is 0 Å². The predicted octanol–water partition coefficient (Wildman–Crippen LogP) is 1.34. The number of hydrogen-bond donors (Lipinski definition) is 2. The van der Waals surface area contributed by atoms with Gasteiger partial charge in [0.05, 0.1) is 10.4 Å². The monoisotopic (exact) mass is 179 g/mol. The minimum atomic E-state index is 0.476. The lowest BCUT2D eigenvalue weighted by Gasteiger charge is -1.93. The second-order valence-electron chi connectivity index (χ2n) is 2.59. The van der Waals surface area contributed by atoms with Crippen LogP contribution in [-0.2, 0) is 6.54 Å². The fraction of sp³-hybridized carbons (Fsp3) is 0.125. The third-order valence-corrected chi connectivity index (χ3v) is 2.63. The Morgan fingerprint density at radius 3 is 3.00 bits per heavy atom. The number of rotatable bonds is 1. The second-order valence-corrected chi connectivity index (χ2v) is 3.39. The van der Waals surface area contributed by atoms with Crippen LogP contribution in [0.3, 0.4) is 0 Å². The molecule has 0 aliphatic heterocycles. The van der Waals surface area contributed by atoms with Crippen molar-refractivity contribution in [1.82, 2.24) is 4.37 Å². The Kier molecular flexibility index (Phi) is 1.71. The first kappa shape index (κ1) is 7.52. The van der Waals surface area contributed by atoms with Crippen LogP contribution in [0, 0.1) is 0 Å². The van der Waals surface area contributed by atoms with Crippen LogP contribution < -0.4 is 11.5 Å². The summed E-state index contributed by atoms with van der Waals surface area (Å²) in [5, 5.41) is 1.09. The summed E-state index contributed by atoms with van der Waals surface area (Å²) >= 11 is 1.46. The van der Waals surface area contributed by atoms with E-state index in [0.29, 0.717) is 6.54 Å². The summed E-state index contributed by atoms with van der Waals surface area (Å²) in [5.41, 5.74) is 12.9. The molecule has 0 fully saturated rings. The zero-order valence-corrected chi connectivity index (χ0v) is 7.27. The van der Waals surface area contributed by atoms with Gasteiger partial charge in [0.15, 0.2) is 0 Å². The van der Waals surface area contributed by atoms with Crippen LogP contribution in [0.5, 0.6) is 0 Å². The highest BCUT2D eigenvalue weighted by Crippen LogP contribution is 2.24. The molecule has 4 N–H and O–H groups in total. The van der Waals surface area contributed by atoms with E-state index in [-0.39, 0.29) is 0 Å². The maximum atomic E-state index is 5.64. The molecular formula is C8H9N3S. The maximum Gasteiger partial charge on any atom is 0.0757 e. The van der Waals surface area contributed by atoms with Gasteiger partial charge in [0, 0.05) is 17.6 Å². The number of nitrogen functional groups attached to an aromatic ring is 1. The van der Waals surface area contributed by atoms with Gasteiger partial charge in [0.1, 0.15) is 0 Å². The fourth-order valence-corrected chi connectivity index (χ4v) is 1.94. The van der Waals surface area contributed by atoms with Crippen LogP contribution in [0.15, 0.2) is 18.2 Å². The number of anilines is 1. The molecular weight excluding hydrogens is 170 g/mol. The third-order valence-electron chi connectivity index (χ3n) is 1.76. The smallest absolute Gasteiger partial charge is 0.0757 e. The first-order chi connectivity index (χ1) is 5.81. The van der Waals surface area contributed by atoms with Gasteiger partial charge in [-0.2, -0.15) is 4.37 Å². The molecule has 0 spiro atoms. The second kappa shape index (κ2) is 2.73. The van der Waals surface area contributed by atoms with Gasteiger partial charge in [-0.05, 0) is 29.7 Å². The van der Waals surface area contributed by atoms with Crippen LogP contribution in [0.2, 0.25) is 0 Å². The van der Waals surface area contributed by atoms with Crippen LogP contribution in [0.4, 0.5) is 5.69 Å². The molecule has 0 aliphatic rings. The molecule has 0 unspecified atom stereocenters. The average molecular weight is 179 g/mol. The van der Waals surface area contributed by atoms with Crippen LogP contribution in [0.25, 0.3) is 10.1 Å². The van der Waals surface area contributed by atoms with Crippen molar-refractivity contribution in [2.45, 2.75) is 6.54 Å². The molecule has 0 amide bonds. The predicted molar refractivity (Wildman–Crippen MR) is 51.9 cm³/mol. The molecule has 3 nitrogen and oxygen atoms in total. The van der Waals surface area contributed by atoms with Gasteiger partial charge in [-0.25, -0.2) is 0 Å². The summed E-state index contributed by atoms with van der Waals surface area (Å²) in [6, 6.07) is 5.77. The van der Waals surface area contributed by atoms with E-state index in [9.17, 15) is 0 Å². The highest BCUT2D eigenvalue weighted by molar-refractivity contribution is 7.13. The summed E-state index contributed by atoms with van der Waals surface area (Å²) in [5.74, 6) is 0. The van der Waals surface area contributed by atoms with Gasteiger partial charge in [-0.3, -0.25) is 0 Å². The van der Waals surface area contributed by atoms with Crippen molar-refractivity contribution >= 4 is 27.3 Å². The van der Waals surface area contributed by atoms with E-state index in [2.05, 4.69) is 4.37 Å². The van der Waals surface area contributed by atoms with Crippen molar-refractivity contribution < 1.29 is 0 Å². The van der Waals surface area contributed by atoms with Gasteiger partial charge in [0.25, 0.3) is 0 Å². The van der Waals surface area contributed by atoms with Crippen LogP contribution in [-0.4, -0.2) is 4.37 Å². The Labute approximate surface area is 74.2 Å². The summed E-state index contributed by atoms with van der Waals surface area (Å²) in [6.45, 7) is 0.476. The van der Waals surface area contributed by atoms with E-state index in [4.69, 9.17) is 11.5 Å². The molecule has 0 saturated heterocycles. The van der Waals surface area contributed by atoms with Gasteiger partial charge < -0.3 is 11.5 Å². The quantitative estimate of drug-likeness (QED) is 0.649. The Morgan fingerprint density at radius 1 is 1.42 bits per heavy atom. The molecule has 12 heavy (non-hydrogen) atoms. The molecule has 0 bridgehead atoms. The largest absolute Gasteiger partial charge is 0.399 e. The number of aromatic nitrogens is 1. The Balaban J connectivity index is 2.75. The molecule has 0 saturated carbocycles. The number of benzene rings is 1. The first-order valence-corrected chi connectivity index (χ1v) is 4.42. The fourth-order valence-electron chi connectivity index (χ4n) is 1.15. The Hall–Kier alpha value is -1.13. The van der Waals surface area contributed by atoms with Gasteiger partial charge in [-0.1, -0.05) is 0 Å². The van der Waals surface area contributed by atoms with Crippen LogP contribution in [0.1, 0.15) is 5.69 Å². The highest BCUT2D eigenvalue weighted by atomic mass is 32.1. The highest BCUT2D eigenvalue weighted by Gasteiger charge is 2.03. The van der Waals surface area contributed by atoms with Crippen molar-refractivity contribution in [2.24, 2.45) is 5.73 Å². The van der Waals surface area contributed by atoms with Gasteiger partial charge >= 0.3 is 0 Å². The summed E-state index contributed by atoms with van der Waals surface area (Å²) in [6.07, 6.45) is 0. The van der Waals surface area contributed by atoms with Crippen molar-refractivity contribution in [1.29, 1.82) is 0 Å². The molecule has 1 aromatic carbocycles. The lowest BCUT2D eigenvalue weighted by Crippen LogP contribution is -1.96. The molecule has 2 aromatic rings. The lowest BCUT2D eigenvalue weighted by atomic mass is 10.2. The zero-order chi connectivity index (χ0) is 8.55. The van der Waals surface area contributed by atoms with Crippen molar-refractivity contribution in [3.8, 4) is 0 Å². The summed E-state index contributed by atoms with van der Waals surface area (Å²) in [7, 11) is 0.